The standard InChI is InChI=1S/C22H23N7O3/c1-3-16-18(4-2)25-22(26-19(30)17-8-6-5-7-15(17)13-23)29(20(16)31)14-27-9-11-28(12-10-27)21(24)32/h3-8H,1-2,9-12,14H2,(H2,24,32)(H,25,26,30). The number of amides is 3. The van der Waals surface area contributed by atoms with Crippen molar-refractivity contribution in [2.75, 3.05) is 31.5 Å². The van der Waals surface area contributed by atoms with Crippen molar-refractivity contribution in [2.24, 2.45) is 5.73 Å². The molecule has 0 aliphatic carbocycles. The third-order valence-electron chi connectivity index (χ3n) is 5.17. The summed E-state index contributed by atoms with van der Waals surface area (Å²) in [5.41, 5.74) is 5.84. The molecular formula is C22H23N7O3. The van der Waals surface area contributed by atoms with Gasteiger partial charge in [-0.05, 0) is 18.2 Å². The number of nitrogens with one attached hydrogen (secondary N) is 1. The van der Waals surface area contributed by atoms with E-state index in [9.17, 15) is 19.6 Å². The van der Waals surface area contributed by atoms with Gasteiger partial charge in [-0.25, -0.2) is 9.78 Å². The van der Waals surface area contributed by atoms with Crippen LogP contribution < -0.4 is 16.6 Å². The van der Waals surface area contributed by atoms with Crippen molar-refractivity contribution >= 4 is 30.0 Å². The van der Waals surface area contributed by atoms with Crippen LogP contribution in [0.25, 0.3) is 12.2 Å². The van der Waals surface area contributed by atoms with Crippen molar-refractivity contribution in [3.63, 3.8) is 0 Å². The summed E-state index contributed by atoms with van der Waals surface area (Å²) < 4.78 is 1.33. The highest BCUT2D eigenvalue weighted by Crippen LogP contribution is 2.15. The molecule has 1 saturated heterocycles. The van der Waals surface area contributed by atoms with Crippen LogP contribution >= 0.6 is 0 Å². The van der Waals surface area contributed by atoms with Gasteiger partial charge in [0, 0.05) is 26.2 Å². The second kappa shape index (κ2) is 9.72. The fourth-order valence-electron chi connectivity index (χ4n) is 3.42. The molecule has 0 unspecified atom stereocenters. The zero-order valence-electron chi connectivity index (χ0n) is 17.5. The number of nitrogens with two attached hydrogens (primary N) is 1. The van der Waals surface area contributed by atoms with Crippen LogP contribution in [0.2, 0.25) is 0 Å². The molecule has 10 heteroatoms. The van der Waals surface area contributed by atoms with Crippen LogP contribution in [-0.2, 0) is 6.67 Å². The average molecular weight is 433 g/mol. The van der Waals surface area contributed by atoms with Crippen LogP contribution in [-0.4, -0.2) is 57.5 Å². The number of nitriles is 1. The largest absolute Gasteiger partial charge is 0.351 e. The summed E-state index contributed by atoms with van der Waals surface area (Å²) in [5, 5.41) is 11.9. The number of nitrogens with zero attached hydrogens (tertiary/aromatic N) is 5. The summed E-state index contributed by atoms with van der Waals surface area (Å²) in [6, 6.07) is 7.84. The molecule has 0 bridgehead atoms. The number of benzene rings is 1. The molecule has 2 heterocycles. The van der Waals surface area contributed by atoms with E-state index in [1.165, 1.54) is 33.8 Å². The monoisotopic (exact) mass is 433 g/mol. The van der Waals surface area contributed by atoms with Crippen molar-refractivity contribution in [3.8, 4) is 6.07 Å². The van der Waals surface area contributed by atoms with Crippen molar-refractivity contribution < 1.29 is 9.59 Å². The Bertz CT molecular complexity index is 1170. The zero-order valence-corrected chi connectivity index (χ0v) is 17.5. The lowest BCUT2D eigenvalue weighted by Gasteiger charge is -2.34. The summed E-state index contributed by atoms with van der Waals surface area (Å²) >= 11 is 0. The molecule has 1 aromatic heterocycles. The summed E-state index contributed by atoms with van der Waals surface area (Å²) in [7, 11) is 0. The Morgan fingerprint density at radius 3 is 2.47 bits per heavy atom. The lowest BCUT2D eigenvalue weighted by atomic mass is 10.1. The average Bonchev–Trinajstić information content (AvgIpc) is 2.81. The lowest BCUT2D eigenvalue weighted by molar-refractivity contribution is 0.102. The molecule has 3 rings (SSSR count). The Balaban J connectivity index is 1.97. The van der Waals surface area contributed by atoms with Crippen LogP contribution in [0.1, 0.15) is 27.2 Å². The van der Waals surface area contributed by atoms with Crippen molar-refractivity contribution in [2.45, 2.75) is 6.67 Å². The minimum absolute atomic E-state index is 0.0190. The number of anilines is 1. The van der Waals surface area contributed by atoms with Gasteiger partial charge >= 0.3 is 6.03 Å². The van der Waals surface area contributed by atoms with Gasteiger partial charge in [-0.3, -0.25) is 24.4 Å². The van der Waals surface area contributed by atoms with E-state index in [1.54, 1.807) is 12.1 Å². The van der Waals surface area contributed by atoms with Gasteiger partial charge in [-0.15, -0.1) is 0 Å². The SMILES string of the molecule is C=Cc1nc(NC(=O)c2ccccc2C#N)n(CN2CCN(C(N)=O)CC2)c(=O)c1C=C. The molecule has 1 aliphatic rings. The summed E-state index contributed by atoms with van der Waals surface area (Å²) in [6.07, 6.45) is 2.80. The van der Waals surface area contributed by atoms with Crippen molar-refractivity contribution in [1.82, 2.24) is 19.4 Å². The first-order chi connectivity index (χ1) is 15.4. The molecule has 164 valence electrons. The van der Waals surface area contributed by atoms with Gasteiger partial charge in [0.1, 0.15) is 0 Å². The predicted molar refractivity (Wildman–Crippen MR) is 121 cm³/mol. The maximum Gasteiger partial charge on any atom is 0.314 e. The summed E-state index contributed by atoms with van der Waals surface area (Å²) in [4.78, 5) is 45.3. The van der Waals surface area contributed by atoms with Crippen LogP contribution in [0.5, 0.6) is 0 Å². The number of piperazine rings is 1. The number of urea groups is 1. The number of carbonyl (C=O) groups excluding carboxylic acids is 2. The fraction of sp³-hybridized carbons (Fsp3) is 0.227. The lowest BCUT2D eigenvalue weighted by Crippen LogP contribution is -2.51. The number of carbonyl (C=O) groups is 2. The Labute approximate surface area is 184 Å². The molecule has 32 heavy (non-hydrogen) atoms. The maximum atomic E-state index is 13.2. The minimum atomic E-state index is -0.567. The first-order valence-corrected chi connectivity index (χ1v) is 9.86. The van der Waals surface area contributed by atoms with E-state index in [2.05, 4.69) is 23.5 Å². The quantitative estimate of drug-likeness (QED) is 0.705. The smallest absolute Gasteiger partial charge is 0.314 e. The molecule has 1 aliphatic heterocycles. The molecule has 0 radical (unpaired) electrons. The van der Waals surface area contributed by atoms with Gasteiger partial charge < -0.3 is 10.6 Å². The number of rotatable bonds is 6. The minimum Gasteiger partial charge on any atom is -0.351 e. The van der Waals surface area contributed by atoms with Crippen LogP contribution in [0, 0.1) is 11.3 Å². The molecule has 0 atom stereocenters. The number of hydrogen-bond acceptors (Lipinski definition) is 6. The zero-order chi connectivity index (χ0) is 23.3. The Morgan fingerprint density at radius 2 is 1.88 bits per heavy atom. The first-order valence-electron chi connectivity index (χ1n) is 9.86. The Kier molecular flexibility index (Phi) is 6.82. The third kappa shape index (κ3) is 4.58. The van der Waals surface area contributed by atoms with Gasteiger partial charge in [-0.1, -0.05) is 31.4 Å². The van der Waals surface area contributed by atoms with Gasteiger partial charge in [0.15, 0.2) is 0 Å². The molecule has 3 N–H and O–H groups in total. The summed E-state index contributed by atoms with van der Waals surface area (Å²) in [5.74, 6) is -0.548. The molecule has 0 saturated carbocycles. The predicted octanol–water partition coefficient (Wildman–Crippen LogP) is 1.31. The van der Waals surface area contributed by atoms with Gasteiger partial charge in [0.2, 0.25) is 5.95 Å². The van der Waals surface area contributed by atoms with E-state index in [-0.39, 0.29) is 35.0 Å². The highest BCUT2D eigenvalue weighted by Gasteiger charge is 2.23. The number of hydrogen-bond donors (Lipinski definition) is 2. The molecular weight excluding hydrogens is 410 g/mol. The van der Waals surface area contributed by atoms with E-state index in [0.29, 0.717) is 26.2 Å². The van der Waals surface area contributed by atoms with Crippen LogP contribution in [0.3, 0.4) is 0 Å². The number of primary amides is 1. The topological polar surface area (TPSA) is 137 Å². The molecule has 10 nitrogen and oxygen atoms in total. The number of aromatic nitrogens is 2. The summed E-state index contributed by atoms with van der Waals surface area (Å²) in [6.45, 7) is 9.33. The maximum absolute atomic E-state index is 13.2. The van der Waals surface area contributed by atoms with Crippen LogP contribution in [0.4, 0.5) is 10.7 Å². The Morgan fingerprint density at radius 1 is 1.19 bits per heavy atom. The molecule has 1 aromatic carbocycles. The molecule has 3 amide bonds. The van der Waals surface area contributed by atoms with Gasteiger partial charge in [0.05, 0.1) is 35.1 Å². The van der Waals surface area contributed by atoms with Crippen molar-refractivity contribution in [1.29, 1.82) is 5.26 Å². The third-order valence-corrected chi connectivity index (χ3v) is 5.17. The molecule has 2 aromatic rings. The van der Waals surface area contributed by atoms with E-state index < -0.39 is 17.5 Å². The second-order valence-electron chi connectivity index (χ2n) is 7.07. The molecule has 0 spiro atoms. The van der Waals surface area contributed by atoms with Gasteiger partial charge in [-0.2, -0.15) is 5.26 Å². The second-order valence-corrected chi connectivity index (χ2v) is 7.07. The van der Waals surface area contributed by atoms with E-state index in [1.807, 2.05) is 11.0 Å². The van der Waals surface area contributed by atoms with Crippen LogP contribution in [0.15, 0.2) is 42.2 Å². The first kappa shape index (κ1) is 22.5. The van der Waals surface area contributed by atoms with E-state index >= 15 is 0 Å². The van der Waals surface area contributed by atoms with Crippen molar-refractivity contribution in [3.05, 3.63) is 70.2 Å². The normalized spacial score (nSPS) is 13.8. The highest BCUT2D eigenvalue weighted by molar-refractivity contribution is 6.05. The van der Waals surface area contributed by atoms with E-state index in [4.69, 9.17) is 5.73 Å². The molecule has 1 fully saturated rings. The highest BCUT2D eigenvalue weighted by atomic mass is 16.2. The van der Waals surface area contributed by atoms with E-state index in [0.717, 1.165) is 0 Å². The fourth-order valence-corrected chi connectivity index (χ4v) is 3.42. The Hall–Kier alpha value is -4.23. The van der Waals surface area contributed by atoms with Gasteiger partial charge in [0.25, 0.3) is 11.5 Å².